The second kappa shape index (κ2) is 3.85. The molecule has 0 fully saturated rings. The lowest BCUT2D eigenvalue weighted by Gasteiger charge is -2.05. The van der Waals surface area contributed by atoms with Crippen LogP contribution in [0.1, 0.15) is 18.3 Å². The minimum Gasteiger partial charge on any atom is -0.354 e. The van der Waals surface area contributed by atoms with Gasteiger partial charge in [0, 0.05) is 6.54 Å². The van der Waals surface area contributed by atoms with Gasteiger partial charge in [-0.2, -0.15) is 0 Å². The number of aryl methyl sites for hydroxylation is 2. The van der Waals surface area contributed by atoms with Crippen LogP contribution in [0.3, 0.4) is 0 Å². The molecule has 1 heterocycles. The molecule has 0 aliphatic carbocycles. The van der Waals surface area contributed by atoms with E-state index in [0.29, 0.717) is 5.95 Å². The van der Waals surface area contributed by atoms with Crippen LogP contribution in [-0.2, 0) is 0 Å². The summed E-state index contributed by atoms with van der Waals surface area (Å²) in [6, 6.07) is 0. The molecule has 0 aliphatic rings. The molecule has 0 aromatic carbocycles. The Bertz CT molecular complexity index is 263. The van der Waals surface area contributed by atoms with Gasteiger partial charge in [-0.25, -0.2) is 9.97 Å². The predicted molar refractivity (Wildman–Crippen MR) is 53.4 cm³/mol. The molecule has 1 aromatic rings. The minimum atomic E-state index is 0.704. The maximum absolute atomic E-state index is 4.25. The minimum absolute atomic E-state index is 0.704. The van der Waals surface area contributed by atoms with E-state index in [2.05, 4.69) is 31.2 Å². The van der Waals surface area contributed by atoms with Gasteiger partial charge in [0.15, 0.2) is 0 Å². The normalized spacial score (nSPS) is 10.0. The van der Waals surface area contributed by atoms with Crippen LogP contribution >= 0.6 is 15.9 Å². The average molecular weight is 230 g/mol. The van der Waals surface area contributed by atoms with Crippen molar-refractivity contribution in [3.8, 4) is 0 Å². The Labute approximate surface area is 80.7 Å². The number of hydrogen-bond donors (Lipinski definition) is 1. The van der Waals surface area contributed by atoms with Gasteiger partial charge in [0.25, 0.3) is 0 Å². The quantitative estimate of drug-likeness (QED) is 0.846. The smallest absolute Gasteiger partial charge is 0.223 e. The van der Waals surface area contributed by atoms with Crippen molar-refractivity contribution in [3.63, 3.8) is 0 Å². The van der Waals surface area contributed by atoms with Gasteiger partial charge < -0.3 is 5.32 Å². The van der Waals surface area contributed by atoms with Gasteiger partial charge in [-0.1, -0.05) is 0 Å². The van der Waals surface area contributed by atoms with Crippen molar-refractivity contribution < 1.29 is 0 Å². The van der Waals surface area contributed by atoms with Gasteiger partial charge in [-0.3, -0.25) is 0 Å². The summed E-state index contributed by atoms with van der Waals surface area (Å²) in [5, 5.41) is 3.07. The fraction of sp³-hybridized carbons (Fsp3) is 0.500. The van der Waals surface area contributed by atoms with Gasteiger partial charge in [0.05, 0.1) is 15.9 Å². The summed E-state index contributed by atoms with van der Waals surface area (Å²) in [5.74, 6) is 0.704. The van der Waals surface area contributed by atoms with Gasteiger partial charge in [-0.15, -0.1) is 0 Å². The standard InChI is InChI=1S/C8H12BrN3/c1-4-10-8-11-5(2)7(9)6(3)12-8/h4H2,1-3H3,(H,10,11,12). The zero-order valence-electron chi connectivity index (χ0n) is 7.48. The van der Waals surface area contributed by atoms with Crippen molar-refractivity contribution in [3.05, 3.63) is 15.9 Å². The van der Waals surface area contributed by atoms with E-state index >= 15 is 0 Å². The van der Waals surface area contributed by atoms with Gasteiger partial charge >= 0.3 is 0 Å². The van der Waals surface area contributed by atoms with Crippen molar-refractivity contribution >= 4 is 21.9 Å². The molecule has 0 saturated heterocycles. The highest BCUT2D eigenvalue weighted by atomic mass is 79.9. The first-order valence-electron chi connectivity index (χ1n) is 3.89. The summed E-state index contributed by atoms with van der Waals surface area (Å²) in [4.78, 5) is 8.51. The van der Waals surface area contributed by atoms with Crippen LogP contribution in [0.5, 0.6) is 0 Å². The van der Waals surface area contributed by atoms with E-state index in [1.165, 1.54) is 0 Å². The number of rotatable bonds is 2. The maximum Gasteiger partial charge on any atom is 0.223 e. The molecule has 12 heavy (non-hydrogen) atoms. The first-order chi connectivity index (χ1) is 5.65. The van der Waals surface area contributed by atoms with Crippen LogP contribution in [0, 0.1) is 13.8 Å². The summed E-state index contributed by atoms with van der Waals surface area (Å²) in [6.45, 7) is 6.79. The van der Waals surface area contributed by atoms with E-state index in [-0.39, 0.29) is 0 Å². The van der Waals surface area contributed by atoms with E-state index < -0.39 is 0 Å². The van der Waals surface area contributed by atoms with Crippen molar-refractivity contribution in [1.82, 2.24) is 9.97 Å². The summed E-state index contributed by atoms with van der Waals surface area (Å²) in [7, 11) is 0. The van der Waals surface area contributed by atoms with Crippen LogP contribution in [0.25, 0.3) is 0 Å². The number of hydrogen-bond acceptors (Lipinski definition) is 3. The molecule has 0 spiro atoms. The Hall–Kier alpha value is -0.640. The highest BCUT2D eigenvalue weighted by Crippen LogP contribution is 2.18. The Morgan fingerprint density at radius 1 is 1.25 bits per heavy atom. The monoisotopic (exact) mass is 229 g/mol. The summed E-state index contributed by atoms with van der Waals surface area (Å²) < 4.78 is 0.990. The molecule has 66 valence electrons. The molecule has 1 N–H and O–H groups in total. The van der Waals surface area contributed by atoms with E-state index in [9.17, 15) is 0 Å². The lowest BCUT2D eigenvalue weighted by atomic mass is 10.3. The fourth-order valence-corrected chi connectivity index (χ4v) is 1.12. The van der Waals surface area contributed by atoms with Crippen LogP contribution in [0.15, 0.2) is 4.47 Å². The lowest BCUT2D eigenvalue weighted by Crippen LogP contribution is -2.04. The topological polar surface area (TPSA) is 37.8 Å². The molecule has 3 nitrogen and oxygen atoms in total. The Morgan fingerprint density at radius 3 is 2.17 bits per heavy atom. The summed E-state index contributed by atoms with van der Waals surface area (Å²) >= 11 is 3.41. The van der Waals surface area contributed by atoms with Crippen molar-refractivity contribution in [2.45, 2.75) is 20.8 Å². The summed E-state index contributed by atoms with van der Waals surface area (Å²) in [6.07, 6.45) is 0. The zero-order valence-corrected chi connectivity index (χ0v) is 9.07. The zero-order chi connectivity index (χ0) is 9.14. The average Bonchev–Trinajstić information content (AvgIpc) is 2.01. The number of nitrogens with one attached hydrogen (secondary N) is 1. The van der Waals surface area contributed by atoms with Crippen molar-refractivity contribution in [1.29, 1.82) is 0 Å². The Kier molecular flexibility index (Phi) is 3.03. The summed E-state index contributed by atoms with van der Waals surface area (Å²) in [5.41, 5.74) is 1.94. The molecule has 1 rings (SSSR count). The highest BCUT2D eigenvalue weighted by Gasteiger charge is 2.03. The maximum atomic E-state index is 4.25. The third kappa shape index (κ3) is 1.94. The molecule has 0 radical (unpaired) electrons. The van der Waals surface area contributed by atoms with E-state index in [1.807, 2.05) is 20.8 Å². The van der Waals surface area contributed by atoms with Crippen molar-refractivity contribution in [2.75, 3.05) is 11.9 Å². The number of anilines is 1. The van der Waals surface area contributed by atoms with Crippen LogP contribution in [0.4, 0.5) is 5.95 Å². The molecular formula is C8H12BrN3. The third-order valence-electron chi connectivity index (χ3n) is 1.52. The van der Waals surface area contributed by atoms with Crippen LogP contribution < -0.4 is 5.32 Å². The molecule has 0 bridgehead atoms. The van der Waals surface area contributed by atoms with Gasteiger partial charge in [0.2, 0.25) is 5.95 Å². The van der Waals surface area contributed by atoms with E-state index in [4.69, 9.17) is 0 Å². The molecule has 4 heteroatoms. The highest BCUT2D eigenvalue weighted by molar-refractivity contribution is 9.10. The van der Waals surface area contributed by atoms with Crippen LogP contribution in [0.2, 0.25) is 0 Å². The van der Waals surface area contributed by atoms with Crippen molar-refractivity contribution in [2.24, 2.45) is 0 Å². The fourth-order valence-electron chi connectivity index (χ4n) is 0.940. The number of halogens is 1. The molecule has 0 amide bonds. The van der Waals surface area contributed by atoms with E-state index in [0.717, 1.165) is 22.4 Å². The van der Waals surface area contributed by atoms with E-state index in [1.54, 1.807) is 0 Å². The first-order valence-corrected chi connectivity index (χ1v) is 4.69. The predicted octanol–water partition coefficient (Wildman–Crippen LogP) is 2.29. The van der Waals surface area contributed by atoms with Gasteiger partial charge in [-0.05, 0) is 36.7 Å². The lowest BCUT2D eigenvalue weighted by molar-refractivity contribution is 1.01. The number of nitrogens with zero attached hydrogens (tertiary/aromatic N) is 2. The van der Waals surface area contributed by atoms with Gasteiger partial charge in [0.1, 0.15) is 0 Å². The Balaban J connectivity index is 3.04. The third-order valence-corrected chi connectivity index (χ3v) is 2.67. The van der Waals surface area contributed by atoms with Crippen LogP contribution in [-0.4, -0.2) is 16.5 Å². The number of aromatic nitrogens is 2. The molecule has 0 atom stereocenters. The molecular weight excluding hydrogens is 218 g/mol. The molecule has 0 aliphatic heterocycles. The second-order valence-electron chi connectivity index (χ2n) is 2.56. The molecule has 0 unspecified atom stereocenters. The molecule has 0 saturated carbocycles. The SMILES string of the molecule is CCNc1nc(C)c(Br)c(C)n1. The second-order valence-corrected chi connectivity index (χ2v) is 3.36. The molecule has 1 aromatic heterocycles. The Morgan fingerprint density at radius 2 is 1.75 bits per heavy atom. The largest absolute Gasteiger partial charge is 0.354 e. The first kappa shape index (κ1) is 9.45.